The number of halogens is 2. The van der Waals surface area contributed by atoms with E-state index in [1.165, 1.54) is 6.08 Å². The van der Waals surface area contributed by atoms with E-state index in [2.05, 4.69) is 11.9 Å². The molecule has 2 aliphatic rings. The van der Waals surface area contributed by atoms with Crippen molar-refractivity contribution in [1.29, 1.82) is 0 Å². The van der Waals surface area contributed by atoms with Crippen LogP contribution in [0.3, 0.4) is 0 Å². The molecule has 1 atom stereocenters. The van der Waals surface area contributed by atoms with Crippen LogP contribution in [-0.2, 0) is 19.1 Å². The average molecular weight is 484 g/mol. The predicted octanol–water partition coefficient (Wildman–Crippen LogP) is 2.80. The number of ether oxygens (including phenoxy) is 2. The smallest absolute Gasteiger partial charge is 0.246 e. The first-order chi connectivity index (χ1) is 15.4. The van der Waals surface area contributed by atoms with Crippen molar-refractivity contribution in [2.45, 2.75) is 18.9 Å². The highest BCUT2D eigenvalue weighted by Gasteiger charge is 2.23. The molecule has 0 N–H and O–H groups in total. The highest BCUT2D eigenvalue weighted by Crippen LogP contribution is 2.23. The van der Waals surface area contributed by atoms with Gasteiger partial charge in [-0.2, -0.15) is 0 Å². The first-order valence-corrected chi connectivity index (χ1v) is 11.8. The number of hydrogen-bond donors (Lipinski definition) is 0. The summed E-state index contributed by atoms with van der Waals surface area (Å²) >= 11 is 11.9. The number of rotatable bonds is 8. The van der Waals surface area contributed by atoms with Gasteiger partial charge >= 0.3 is 0 Å². The van der Waals surface area contributed by atoms with Gasteiger partial charge < -0.3 is 24.2 Å². The number of carbonyl (C=O) groups is 2. The van der Waals surface area contributed by atoms with E-state index < -0.39 is 0 Å². The summed E-state index contributed by atoms with van der Waals surface area (Å²) in [6.07, 6.45) is 4.57. The zero-order valence-corrected chi connectivity index (χ0v) is 20.0. The number of likely N-dealkylation sites (N-methyl/N-ethyl adjacent to an activating group) is 1. The predicted molar refractivity (Wildman–Crippen MR) is 126 cm³/mol. The summed E-state index contributed by atoms with van der Waals surface area (Å²) in [6.45, 7) is 5.85. The average Bonchev–Trinajstić information content (AvgIpc) is 2.97. The molecule has 9 heteroatoms. The summed E-state index contributed by atoms with van der Waals surface area (Å²) in [6, 6.07) is 5.21. The van der Waals surface area contributed by atoms with E-state index in [0.717, 1.165) is 25.1 Å². The van der Waals surface area contributed by atoms with Gasteiger partial charge in [0.15, 0.2) is 0 Å². The summed E-state index contributed by atoms with van der Waals surface area (Å²) in [5, 5.41) is 0.923. The molecule has 0 radical (unpaired) electrons. The van der Waals surface area contributed by atoms with Crippen molar-refractivity contribution in [3.63, 3.8) is 0 Å². The Morgan fingerprint density at radius 3 is 2.81 bits per heavy atom. The molecule has 2 saturated heterocycles. The van der Waals surface area contributed by atoms with Crippen LogP contribution < -0.4 is 0 Å². The lowest BCUT2D eigenvalue weighted by molar-refractivity contribution is -0.130. The van der Waals surface area contributed by atoms with Crippen molar-refractivity contribution in [3.05, 3.63) is 39.9 Å². The van der Waals surface area contributed by atoms with Gasteiger partial charge in [-0.3, -0.25) is 9.59 Å². The number of hydrogen-bond acceptors (Lipinski definition) is 5. The van der Waals surface area contributed by atoms with Gasteiger partial charge in [0.2, 0.25) is 11.8 Å². The second kappa shape index (κ2) is 12.6. The van der Waals surface area contributed by atoms with E-state index in [9.17, 15) is 9.59 Å². The van der Waals surface area contributed by atoms with Gasteiger partial charge in [-0.25, -0.2) is 0 Å². The van der Waals surface area contributed by atoms with Crippen molar-refractivity contribution in [1.82, 2.24) is 14.7 Å². The van der Waals surface area contributed by atoms with E-state index in [-0.39, 0.29) is 17.9 Å². The Balaban J connectivity index is 1.42. The Morgan fingerprint density at radius 2 is 2.06 bits per heavy atom. The SMILES string of the molecule is CN(CCCN1CCN(C(=O)C=Cc2ccc(Cl)c(Cl)c2)CCC1=O)CC1COCCO1. The van der Waals surface area contributed by atoms with E-state index in [1.54, 1.807) is 29.2 Å². The van der Waals surface area contributed by atoms with E-state index in [0.29, 0.717) is 62.5 Å². The maximum atomic E-state index is 12.6. The van der Waals surface area contributed by atoms with E-state index >= 15 is 0 Å². The Labute approximate surface area is 199 Å². The summed E-state index contributed by atoms with van der Waals surface area (Å²) < 4.78 is 11.1. The molecule has 2 aliphatic heterocycles. The monoisotopic (exact) mass is 483 g/mol. The molecule has 1 aromatic rings. The molecule has 1 unspecified atom stereocenters. The lowest BCUT2D eigenvalue weighted by Crippen LogP contribution is -2.40. The first kappa shape index (κ1) is 25.0. The summed E-state index contributed by atoms with van der Waals surface area (Å²) in [5.41, 5.74) is 0.801. The Morgan fingerprint density at radius 1 is 1.22 bits per heavy atom. The lowest BCUT2D eigenvalue weighted by Gasteiger charge is -2.28. The molecule has 0 spiro atoms. The van der Waals surface area contributed by atoms with Crippen LogP contribution in [0.1, 0.15) is 18.4 Å². The molecule has 0 bridgehead atoms. The van der Waals surface area contributed by atoms with Gasteiger partial charge in [-0.15, -0.1) is 0 Å². The van der Waals surface area contributed by atoms with Crippen LogP contribution in [0.25, 0.3) is 6.08 Å². The van der Waals surface area contributed by atoms with Crippen LogP contribution in [0, 0.1) is 0 Å². The molecular formula is C23H31Cl2N3O4. The van der Waals surface area contributed by atoms with Crippen molar-refractivity contribution >= 4 is 41.1 Å². The number of nitrogens with zero attached hydrogens (tertiary/aromatic N) is 3. The van der Waals surface area contributed by atoms with Crippen LogP contribution in [0.4, 0.5) is 0 Å². The van der Waals surface area contributed by atoms with Gasteiger partial charge in [0.05, 0.1) is 36.0 Å². The minimum Gasteiger partial charge on any atom is -0.376 e. The third kappa shape index (κ3) is 7.74. The fourth-order valence-electron chi connectivity index (χ4n) is 3.82. The topological polar surface area (TPSA) is 62.3 Å². The number of carbonyl (C=O) groups excluding carboxylic acids is 2. The summed E-state index contributed by atoms with van der Waals surface area (Å²) in [5.74, 6) is -0.0133. The van der Waals surface area contributed by atoms with Crippen LogP contribution in [-0.4, -0.2) is 98.8 Å². The first-order valence-electron chi connectivity index (χ1n) is 11.0. The standard InChI is InChI=1S/C23H31Cl2N3O4/c1-26(16-19-17-31-13-14-32-19)8-2-9-27-11-12-28(10-7-23(27)30)22(29)6-4-18-3-5-20(24)21(25)15-18/h3-6,15,19H,2,7-14,16-17H2,1H3. The second-order valence-electron chi connectivity index (χ2n) is 8.15. The van der Waals surface area contributed by atoms with Crippen LogP contribution in [0.5, 0.6) is 0 Å². The Hall–Kier alpha value is -1.64. The second-order valence-corrected chi connectivity index (χ2v) is 8.96. The zero-order chi connectivity index (χ0) is 22.9. The molecule has 2 heterocycles. The molecule has 176 valence electrons. The minimum absolute atomic E-state index is 0.0976. The highest BCUT2D eigenvalue weighted by molar-refractivity contribution is 6.42. The maximum Gasteiger partial charge on any atom is 0.246 e. The van der Waals surface area contributed by atoms with Gasteiger partial charge in [0, 0.05) is 45.2 Å². The molecule has 7 nitrogen and oxygen atoms in total. The minimum atomic E-state index is -0.111. The fraction of sp³-hybridized carbons (Fsp3) is 0.565. The maximum absolute atomic E-state index is 12.6. The molecule has 1 aromatic carbocycles. The number of benzene rings is 1. The molecule has 0 aliphatic carbocycles. The largest absolute Gasteiger partial charge is 0.376 e. The van der Waals surface area contributed by atoms with Gasteiger partial charge in [-0.05, 0) is 43.8 Å². The van der Waals surface area contributed by atoms with Crippen LogP contribution >= 0.6 is 23.2 Å². The Kier molecular flexibility index (Phi) is 9.81. The van der Waals surface area contributed by atoms with Gasteiger partial charge in [-0.1, -0.05) is 29.3 Å². The molecule has 0 aromatic heterocycles. The van der Waals surface area contributed by atoms with Crippen LogP contribution in [0.15, 0.2) is 24.3 Å². The van der Waals surface area contributed by atoms with Crippen molar-refractivity contribution in [3.8, 4) is 0 Å². The van der Waals surface area contributed by atoms with Crippen molar-refractivity contribution in [2.24, 2.45) is 0 Å². The summed E-state index contributed by atoms with van der Waals surface area (Å²) in [7, 11) is 2.06. The molecule has 3 rings (SSSR count). The lowest BCUT2D eigenvalue weighted by atomic mass is 10.2. The van der Waals surface area contributed by atoms with Gasteiger partial charge in [0.25, 0.3) is 0 Å². The van der Waals surface area contributed by atoms with Crippen molar-refractivity contribution in [2.75, 3.05) is 66.1 Å². The quantitative estimate of drug-likeness (QED) is 0.532. The van der Waals surface area contributed by atoms with E-state index in [1.807, 2.05) is 4.90 Å². The highest BCUT2D eigenvalue weighted by atomic mass is 35.5. The van der Waals surface area contributed by atoms with Crippen LogP contribution in [0.2, 0.25) is 10.0 Å². The molecule has 32 heavy (non-hydrogen) atoms. The van der Waals surface area contributed by atoms with Crippen molar-refractivity contribution < 1.29 is 19.1 Å². The Bertz CT molecular complexity index is 814. The molecular weight excluding hydrogens is 453 g/mol. The molecule has 0 saturated carbocycles. The zero-order valence-electron chi connectivity index (χ0n) is 18.5. The third-order valence-electron chi connectivity index (χ3n) is 5.63. The normalized spacial score (nSPS) is 20.2. The molecule has 2 fully saturated rings. The van der Waals surface area contributed by atoms with Gasteiger partial charge in [0.1, 0.15) is 0 Å². The fourth-order valence-corrected chi connectivity index (χ4v) is 4.13. The molecule has 2 amide bonds. The number of amides is 2. The third-order valence-corrected chi connectivity index (χ3v) is 6.37. The van der Waals surface area contributed by atoms with E-state index in [4.69, 9.17) is 32.7 Å². The summed E-state index contributed by atoms with van der Waals surface area (Å²) in [4.78, 5) is 30.9.